The largest absolute Gasteiger partial charge is 0.0620 e. The standard InChI is InChI=1S/C13H10Br/c1-10-6-2-3-7-11(10)12-8-4-5-9-13(12)14/h2-9H,1H2. The van der Waals surface area contributed by atoms with Crippen LogP contribution in [0, 0.1) is 6.92 Å². The Hall–Kier alpha value is -1.08. The second-order valence-corrected chi connectivity index (χ2v) is 3.99. The fourth-order valence-electron chi connectivity index (χ4n) is 1.46. The predicted octanol–water partition coefficient (Wildman–Crippen LogP) is 4.30. The highest BCUT2D eigenvalue weighted by Crippen LogP contribution is 2.29. The second kappa shape index (κ2) is 3.97. The molecular weight excluding hydrogens is 236 g/mol. The normalized spacial score (nSPS) is 10.1. The molecule has 0 spiro atoms. The summed E-state index contributed by atoms with van der Waals surface area (Å²) in [6.07, 6.45) is 0. The molecule has 0 aliphatic carbocycles. The summed E-state index contributed by atoms with van der Waals surface area (Å²) in [7, 11) is 0. The van der Waals surface area contributed by atoms with Crippen molar-refractivity contribution in [1.82, 2.24) is 0 Å². The van der Waals surface area contributed by atoms with Gasteiger partial charge in [-0.25, -0.2) is 0 Å². The molecule has 0 unspecified atom stereocenters. The molecule has 2 aromatic carbocycles. The molecule has 1 heteroatoms. The molecule has 2 aromatic rings. The van der Waals surface area contributed by atoms with E-state index in [1.807, 2.05) is 36.4 Å². The summed E-state index contributed by atoms with van der Waals surface area (Å²) in [5.74, 6) is 0. The Morgan fingerprint density at radius 1 is 0.786 bits per heavy atom. The van der Waals surface area contributed by atoms with Gasteiger partial charge in [0.05, 0.1) is 0 Å². The minimum atomic E-state index is 1.06. The Bertz CT molecular complexity index is 403. The first-order valence-electron chi connectivity index (χ1n) is 4.45. The van der Waals surface area contributed by atoms with E-state index in [2.05, 4.69) is 35.0 Å². The molecule has 0 aromatic heterocycles. The van der Waals surface area contributed by atoms with Crippen molar-refractivity contribution in [2.75, 3.05) is 0 Å². The van der Waals surface area contributed by atoms with Crippen molar-refractivity contribution >= 4 is 15.9 Å². The smallest absolute Gasteiger partial charge is 0.0253 e. The van der Waals surface area contributed by atoms with Crippen LogP contribution < -0.4 is 0 Å². The molecule has 0 saturated heterocycles. The van der Waals surface area contributed by atoms with Gasteiger partial charge in [0, 0.05) is 4.47 Å². The van der Waals surface area contributed by atoms with Crippen LogP contribution in [-0.2, 0) is 0 Å². The van der Waals surface area contributed by atoms with Crippen LogP contribution in [0.3, 0.4) is 0 Å². The highest BCUT2D eigenvalue weighted by Gasteiger charge is 2.03. The van der Waals surface area contributed by atoms with Crippen LogP contribution >= 0.6 is 15.9 Å². The zero-order chi connectivity index (χ0) is 9.97. The SMILES string of the molecule is [CH2]c1ccccc1-c1ccccc1Br. The maximum absolute atomic E-state index is 4.02. The van der Waals surface area contributed by atoms with Gasteiger partial charge in [-0.05, 0) is 29.7 Å². The third-order valence-electron chi connectivity index (χ3n) is 2.18. The Morgan fingerprint density at radius 2 is 1.36 bits per heavy atom. The Kier molecular flexibility index (Phi) is 2.69. The summed E-state index contributed by atoms with van der Waals surface area (Å²) < 4.78 is 1.11. The van der Waals surface area contributed by atoms with Gasteiger partial charge in [0.15, 0.2) is 0 Å². The predicted molar refractivity (Wildman–Crippen MR) is 64.0 cm³/mol. The van der Waals surface area contributed by atoms with Gasteiger partial charge in [-0.15, -0.1) is 0 Å². The molecule has 0 aliphatic rings. The van der Waals surface area contributed by atoms with E-state index in [9.17, 15) is 0 Å². The molecule has 69 valence electrons. The topological polar surface area (TPSA) is 0 Å². The molecule has 0 N–H and O–H groups in total. The monoisotopic (exact) mass is 245 g/mol. The zero-order valence-corrected chi connectivity index (χ0v) is 9.29. The molecule has 2 rings (SSSR count). The van der Waals surface area contributed by atoms with Gasteiger partial charge >= 0.3 is 0 Å². The number of halogens is 1. The van der Waals surface area contributed by atoms with Crippen molar-refractivity contribution in [2.45, 2.75) is 0 Å². The minimum absolute atomic E-state index is 1.06. The lowest BCUT2D eigenvalue weighted by molar-refractivity contribution is 1.54. The summed E-state index contributed by atoms with van der Waals surface area (Å²) in [6, 6.07) is 16.3. The van der Waals surface area contributed by atoms with E-state index in [-0.39, 0.29) is 0 Å². The number of benzene rings is 2. The molecule has 0 saturated carbocycles. The van der Waals surface area contributed by atoms with E-state index >= 15 is 0 Å². The molecular formula is C13H10Br. The number of hydrogen-bond donors (Lipinski definition) is 0. The lowest BCUT2D eigenvalue weighted by Crippen LogP contribution is -1.83. The van der Waals surface area contributed by atoms with Crippen LogP contribution in [0.25, 0.3) is 11.1 Å². The molecule has 0 nitrogen and oxygen atoms in total. The van der Waals surface area contributed by atoms with Crippen molar-refractivity contribution in [3.63, 3.8) is 0 Å². The van der Waals surface area contributed by atoms with Gasteiger partial charge in [0.1, 0.15) is 0 Å². The summed E-state index contributed by atoms with van der Waals surface area (Å²) in [4.78, 5) is 0. The zero-order valence-electron chi connectivity index (χ0n) is 7.70. The van der Waals surface area contributed by atoms with Crippen molar-refractivity contribution in [3.8, 4) is 11.1 Å². The Balaban J connectivity index is 2.61. The second-order valence-electron chi connectivity index (χ2n) is 3.14. The van der Waals surface area contributed by atoms with Gasteiger partial charge in [0.25, 0.3) is 0 Å². The van der Waals surface area contributed by atoms with Crippen molar-refractivity contribution in [2.24, 2.45) is 0 Å². The summed E-state index contributed by atoms with van der Waals surface area (Å²) >= 11 is 3.54. The lowest BCUT2D eigenvalue weighted by Gasteiger charge is -2.07. The Labute approximate surface area is 92.7 Å². The van der Waals surface area contributed by atoms with Gasteiger partial charge in [-0.3, -0.25) is 0 Å². The van der Waals surface area contributed by atoms with E-state index in [4.69, 9.17) is 0 Å². The molecule has 0 amide bonds. The van der Waals surface area contributed by atoms with Crippen LogP contribution in [0.5, 0.6) is 0 Å². The van der Waals surface area contributed by atoms with E-state index in [0.717, 1.165) is 10.0 Å². The van der Waals surface area contributed by atoms with Gasteiger partial charge < -0.3 is 0 Å². The van der Waals surface area contributed by atoms with Crippen molar-refractivity contribution < 1.29 is 0 Å². The van der Waals surface area contributed by atoms with Crippen molar-refractivity contribution in [3.05, 3.63) is 65.5 Å². The lowest BCUT2D eigenvalue weighted by atomic mass is 10.0. The molecule has 0 aliphatic heterocycles. The first kappa shape index (κ1) is 9.47. The quantitative estimate of drug-likeness (QED) is 0.703. The van der Waals surface area contributed by atoms with Gasteiger partial charge in [-0.2, -0.15) is 0 Å². The minimum Gasteiger partial charge on any atom is -0.0620 e. The molecule has 0 atom stereocenters. The average Bonchev–Trinajstić information content (AvgIpc) is 2.20. The average molecular weight is 246 g/mol. The summed E-state index contributed by atoms with van der Waals surface area (Å²) in [6.45, 7) is 4.02. The van der Waals surface area contributed by atoms with Crippen LogP contribution in [0.4, 0.5) is 0 Å². The van der Waals surface area contributed by atoms with Crippen LogP contribution in [0.2, 0.25) is 0 Å². The van der Waals surface area contributed by atoms with Crippen LogP contribution in [0.1, 0.15) is 5.56 Å². The maximum Gasteiger partial charge on any atom is 0.0253 e. The fraction of sp³-hybridized carbons (Fsp3) is 0. The fourth-order valence-corrected chi connectivity index (χ4v) is 1.96. The highest BCUT2D eigenvalue weighted by atomic mass is 79.9. The molecule has 14 heavy (non-hydrogen) atoms. The molecule has 0 heterocycles. The van der Waals surface area contributed by atoms with Crippen LogP contribution in [-0.4, -0.2) is 0 Å². The maximum atomic E-state index is 4.02. The van der Waals surface area contributed by atoms with Gasteiger partial charge in [0.2, 0.25) is 0 Å². The van der Waals surface area contributed by atoms with E-state index in [0.29, 0.717) is 0 Å². The number of rotatable bonds is 1. The van der Waals surface area contributed by atoms with E-state index in [1.54, 1.807) is 0 Å². The van der Waals surface area contributed by atoms with Crippen LogP contribution in [0.15, 0.2) is 53.0 Å². The first-order valence-corrected chi connectivity index (χ1v) is 5.24. The first-order chi connectivity index (χ1) is 6.79. The number of hydrogen-bond acceptors (Lipinski definition) is 0. The van der Waals surface area contributed by atoms with Crippen molar-refractivity contribution in [1.29, 1.82) is 0 Å². The third kappa shape index (κ3) is 1.73. The third-order valence-corrected chi connectivity index (χ3v) is 2.87. The van der Waals surface area contributed by atoms with E-state index < -0.39 is 0 Å². The molecule has 0 bridgehead atoms. The molecule has 1 radical (unpaired) electrons. The van der Waals surface area contributed by atoms with E-state index in [1.165, 1.54) is 11.1 Å². The summed E-state index contributed by atoms with van der Waals surface area (Å²) in [5.41, 5.74) is 3.43. The highest BCUT2D eigenvalue weighted by molar-refractivity contribution is 9.10. The van der Waals surface area contributed by atoms with Gasteiger partial charge in [-0.1, -0.05) is 58.4 Å². The summed E-state index contributed by atoms with van der Waals surface area (Å²) in [5, 5.41) is 0. The Morgan fingerprint density at radius 3 is 2.00 bits per heavy atom. The molecule has 0 fully saturated rings.